The van der Waals surface area contributed by atoms with Gasteiger partial charge in [-0.15, -0.1) is 0 Å². The number of rotatable bonds is 3. The van der Waals surface area contributed by atoms with Gasteiger partial charge in [0.25, 0.3) is 0 Å². The Balaban J connectivity index is 1.42. The van der Waals surface area contributed by atoms with Crippen LogP contribution in [0.3, 0.4) is 0 Å². The zero-order chi connectivity index (χ0) is 16.4. The van der Waals surface area contributed by atoms with Gasteiger partial charge >= 0.3 is 0 Å². The van der Waals surface area contributed by atoms with E-state index in [1.54, 1.807) is 6.33 Å². The quantitative estimate of drug-likeness (QED) is 0.807. The second kappa shape index (κ2) is 6.86. The first-order chi connectivity index (χ1) is 11.8. The second-order valence-corrected chi connectivity index (χ2v) is 6.66. The maximum atomic E-state index is 5.41. The van der Waals surface area contributed by atoms with Gasteiger partial charge in [-0.3, -0.25) is 0 Å². The van der Waals surface area contributed by atoms with Crippen LogP contribution < -0.4 is 14.7 Å². The van der Waals surface area contributed by atoms with E-state index in [1.807, 2.05) is 6.92 Å². The van der Waals surface area contributed by atoms with Gasteiger partial charge in [-0.25, -0.2) is 15.0 Å². The molecule has 2 aliphatic rings. The normalized spacial score (nSPS) is 19.0. The molecule has 0 saturated carbocycles. The molecule has 0 aliphatic carbocycles. The first kappa shape index (κ1) is 15.5. The molecule has 2 aromatic heterocycles. The van der Waals surface area contributed by atoms with Crippen molar-refractivity contribution in [2.75, 3.05) is 67.2 Å². The molecular weight excluding hydrogens is 326 g/mol. The van der Waals surface area contributed by atoms with Crippen molar-refractivity contribution in [3.8, 4) is 0 Å². The standard InChI is InChI=1S/C15H21N7OS/c1-12-18-15(24-19-12)22-4-2-20(3-5-22)13-10-14(17-11-16-13)21-6-8-23-9-7-21/h10-11H,2-9H2,1H3. The van der Waals surface area contributed by atoms with Crippen molar-refractivity contribution in [1.29, 1.82) is 0 Å². The van der Waals surface area contributed by atoms with E-state index >= 15 is 0 Å². The lowest BCUT2D eigenvalue weighted by Crippen LogP contribution is -2.47. The molecule has 128 valence electrons. The first-order valence-corrected chi connectivity index (χ1v) is 9.02. The van der Waals surface area contributed by atoms with Crippen molar-refractivity contribution in [2.45, 2.75) is 6.92 Å². The maximum Gasteiger partial charge on any atom is 0.205 e. The molecule has 2 saturated heterocycles. The smallest absolute Gasteiger partial charge is 0.205 e. The van der Waals surface area contributed by atoms with Gasteiger partial charge in [0.15, 0.2) is 0 Å². The van der Waals surface area contributed by atoms with Crippen molar-refractivity contribution < 1.29 is 4.74 Å². The lowest BCUT2D eigenvalue weighted by Gasteiger charge is -2.35. The summed E-state index contributed by atoms with van der Waals surface area (Å²) in [5.74, 6) is 2.84. The van der Waals surface area contributed by atoms with Crippen LogP contribution in [0.25, 0.3) is 0 Å². The molecule has 8 nitrogen and oxygen atoms in total. The van der Waals surface area contributed by atoms with Crippen LogP contribution in [0.4, 0.5) is 16.8 Å². The largest absolute Gasteiger partial charge is 0.378 e. The third kappa shape index (κ3) is 3.27. The Morgan fingerprint density at radius 2 is 1.54 bits per heavy atom. The zero-order valence-corrected chi connectivity index (χ0v) is 14.6. The summed E-state index contributed by atoms with van der Waals surface area (Å²) in [5, 5.41) is 1.02. The third-order valence-electron chi connectivity index (χ3n) is 4.36. The van der Waals surface area contributed by atoms with Crippen molar-refractivity contribution in [1.82, 2.24) is 19.3 Å². The summed E-state index contributed by atoms with van der Waals surface area (Å²) in [6.07, 6.45) is 1.67. The van der Waals surface area contributed by atoms with Gasteiger partial charge < -0.3 is 19.4 Å². The van der Waals surface area contributed by atoms with Crippen LogP contribution in [0.15, 0.2) is 12.4 Å². The van der Waals surface area contributed by atoms with Crippen molar-refractivity contribution in [3.63, 3.8) is 0 Å². The van der Waals surface area contributed by atoms with Crippen molar-refractivity contribution >= 4 is 28.3 Å². The predicted octanol–water partition coefficient (Wildman–Crippen LogP) is 0.800. The molecule has 0 atom stereocenters. The molecule has 9 heteroatoms. The average Bonchev–Trinajstić information content (AvgIpc) is 3.09. The zero-order valence-electron chi connectivity index (χ0n) is 13.8. The van der Waals surface area contributed by atoms with Gasteiger partial charge in [0.05, 0.1) is 13.2 Å². The highest BCUT2D eigenvalue weighted by molar-refractivity contribution is 7.09. The lowest BCUT2D eigenvalue weighted by atomic mass is 10.3. The summed E-state index contributed by atoms with van der Waals surface area (Å²) in [6.45, 7) is 8.97. The van der Waals surface area contributed by atoms with Crippen LogP contribution in [-0.2, 0) is 4.74 Å². The molecule has 0 N–H and O–H groups in total. The SMILES string of the molecule is Cc1nsc(N2CCN(c3cc(N4CCOCC4)ncn3)CC2)n1. The number of piperazine rings is 1. The fourth-order valence-electron chi connectivity index (χ4n) is 3.02. The number of nitrogens with zero attached hydrogens (tertiary/aromatic N) is 7. The van der Waals surface area contributed by atoms with Gasteiger partial charge in [-0.1, -0.05) is 0 Å². The summed E-state index contributed by atoms with van der Waals surface area (Å²) >= 11 is 1.48. The number of morpholine rings is 1. The molecule has 2 fully saturated rings. The third-order valence-corrected chi connectivity index (χ3v) is 5.23. The Kier molecular flexibility index (Phi) is 4.44. The number of anilines is 3. The molecule has 2 aromatic rings. The highest BCUT2D eigenvalue weighted by Gasteiger charge is 2.21. The van der Waals surface area contributed by atoms with Gasteiger partial charge in [-0.05, 0) is 6.92 Å². The van der Waals surface area contributed by atoms with Gasteiger partial charge in [0, 0.05) is 56.9 Å². The van der Waals surface area contributed by atoms with Crippen LogP contribution in [0, 0.1) is 6.92 Å². The first-order valence-electron chi connectivity index (χ1n) is 8.24. The summed E-state index contributed by atoms with van der Waals surface area (Å²) in [7, 11) is 0. The molecule has 0 spiro atoms. The molecule has 24 heavy (non-hydrogen) atoms. The van der Waals surface area contributed by atoms with E-state index in [4.69, 9.17) is 4.74 Å². The van der Waals surface area contributed by atoms with Crippen LogP contribution >= 0.6 is 11.5 Å². The van der Waals surface area contributed by atoms with Gasteiger partial charge in [0.1, 0.15) is 23.8 Å². The Morgan fingerprint density at radius 3 is 2.17 bits per heavy atom. The van der Waals surface area contributed by atoms with Crippen molar-refractivity contribution in [3.05, 3.63) is 18.2 Å². The summed E-state index contributed by atoms with van der Waals surface area (Å²) in [6, 6.07) is 2.09. The fraction of sp³-hybridized carbons (Fsp3) is 0.600. The Hall–Kier alpha value is -2.00. The molecule has 0 aromatic carbocycles. The molecule has 2 aliphatic heterocycles. The van der Waals surface area contributed by atoms with Crippen LogP contribution in [0.1, 0.15) is 5.82 Å². The van der Waals surface area contributed by atoms with Gasteiger partial charge in [0.2, 0.25) is 5.13 Å². The summed E-state index contributed by atoms with van der Waals surface area (Å²) in [4.78, 5) is 20.3. The summed E-state index contributed by atoms with van der Waals surface area (Å²) < 4.78 is 9.68. The van der Waals surface area contributed by atoms with Crippen molar-refractivity contribution in [2.24, 2.45) is 0 Å². The maximum absolute atomic E-state index is 5.41. The Labute approximate surface area is 145 Å². The number of aryl methyl sites for hydroxylation is 1. The lowest BCUT2D eigenvalue weighted by molar-refractivity contribution is 0.122. The van der Waals surface area contributed by atoms with E-state index < -0.39 is 0 Å². The Morgan fingerprint density at radius 1 is 0.917 bits per heavy atom. The molecule has 0 bridgehead atoms. The molecule has 0 amide bonds. The molecule has 0 radical (unpaired) electrons. The predicted molar refractivity (Wildman–Crippen MR) is 94.1 cm³/mol. The number of hydrogen-bond donors (Lipinski definition) is 0. The van der Waals surface area contributed by atoms with E-state index in [2.05, 4.69) is 40.1 Å². The van der Waals surface area contributed by atoms with Crippen LogP contribution in [0.2, 0.25) is 0 Å². The van der Waals surface area contributed by atoms with E-state index in [0.29, 0.717) is 0 Å². The highest BCUT2D eigenvalue weighted by atomic mass is 32.1. The van der Waals surface area contributed by atoms with E-state index in [-0.39, 0.29) is 0 Å². The minimum absolute atomic E-state index is 0.763. The fourth-order valence-corrected chi connectivity index (χ4v) is 3.74. The molecular formula is C15H21N7OS. The monoisotopic (exact) mass is 347 g/mol. The Bertz CT molecular complexity index is 680. The van der Waals surface area contributed by atoms with Gasteiger partial charge in [-0.2, -0.15) is 4.37 Å². The van der Waals surface area contributed by atoms with E-state index in [1.165, 1.54) is 11.5 Å². The van der Waals surface area contributed by atoms with E-state index in [0.717, 1.165) is 75.1 Å². The average molecular weight is 347 g/mol. The minimum atomic E-state index is 0.763. The number of hydrogen-bond acceptors (Lipinski definition) is 9. The molecule has 0 unspecified atom stereocenters. The van der Waals surface area contributed by atoms with E-state index in [9.17, 15) is 0 Å². The second-order valence-electron chi connectivity index (χ2n) is 5.93. The highest BCUT2D eigenvalue weighted by Crippen LogP contribution is 2.23. The molecule has 4 rings (SSSR count). The number of aromatic nitrogens is 4. The topological polar surface area (TPSA) is 70.5 Å². The number of ether oxygens (including phenoxy) is 1. The minimum Gasteiger partial charge on any atom is -0.378 e. The van der Waals surface area contributed by atoms with Crippen LogP contribution in [0.5, 0.6) is 0 Å². The molecule has 4 heterocycles. The summed E-state index contributed by atoms with van der Waals surface area (Å²) in [5.41, 5.74) is 0. The van der Waals surface area contributed by atoms with Crippen LogP contribution in [-0.4, -0.2) is 71.8 Å².